The van der Waals surface area contributed by atoms with E-state index in [2.05, 4.69) is 10.6 Å². The van der Waals surface area contributed by atoms with Crippen molar-refractivity contribution in [3.8, 4) is 5.75 Å². The molecule has 3 aromatic carbocycles. The van der Waals surface area contributed by atoms with E-state index in [0.29, 0.717) is 41.6 Å². The number of rotatable bonds is 8. The number of hydrogen-bond acceptors (Lipinski definition) is 4. The topological polar surface area (TPSA) is 70.7 Å². The summed E-state index contributed by atoms with van der Waals surface area (Å²) in [6.45, 7) is 7.09. The van der Waals surface area contributed by atoms with Gasteiger partial charge in [-0.05, 0) is 73.6 Å². The van der Waals surface area contributed by atoms with Crippen LogP contribution in [0.5, 0.6) is 5.75 Å². The number of thiocarbonyl (C=S) groups is 1. The number of amides is 2. The molecule has 0 aliphatic heterocycles. The molecule has 2 N–H and O–H groups in total. The van der Waals surface area contributed by atoms with Gasteiger partial charge in [0, 0.05) is 23.5 Å². The van der Waals surface area contributed by atoms with Gasteiger partial charge < -0.3 is 15.0 Å². The van der Waals surface area contributed by atoms with Gasteiger partial charge in [-0.2, -0.15) is 0 Å². The lowest BCUT2D eigenvalue weighted by atomic mass is 10.1. The third-order valence-corrected chi connectivity index (χ3v) is 5.15. The molecule has 0 heterocycles. The van der Waals surface area contributed by atoms with Crippen molar-refractivity contribution in [2.24, 2.45) is 5.92 Å². The zero-order chi connectivity index (χ0) is 24.5. The molecule has 0 saturated heterocycles. The van der Waals surface area contributed by atoms with E-state index in [-0.39, 0.29) is 16.9 Å². The maximum atomic E-state index is 13.0. The fourth-order valence-electron chi connectivity index (χ4n) is 3.27. The first-order valence-corrected chi connectivity index (χ1v) is 11.6. The average Bonchev–Trinajstić information content (AvgIpc) is 2.84. The summed E-state index contributed by atoms with van der Waals surface area (Å²) in [5, 5.41) is 5.83. The Bertz CT molecular complexity index is 1130. The number of nitrogens with zero attached hydrogens (tertiary/aromatic N) is 1. The summed E-state index contributed by atoms with van der Waals surface area (Å²) in [7, 11) is 0. The third kappa shape index (κ3) is 6.65. The van der Waals surface area contributed by atoms with Crippen LogP contribution in [0.1, 0.15) is 41.5 Å². The number of benzene rings is 3. The molecule has 34 heavy (non-hydrogen) atoms. The SMILES string of the molecule is CCN(C(=O)c1ccc(NC(=S)NC(=O)c2ccccc2OCC(C)C)cc1)c1ccccc1. The highest BCUT2D eigenvalue weighted by molar-refractivity contribution is 7.80. The molecular weight excluding hydrogens is 446 g/mol. The Balaban J connectivity index is 1.62. The molecule has 0 bridgehead atoms. The molecule has 0 atom stereocenters. The first-order chi connectivity index (χ1) is 16.4. The monoisotopic (exact) mass is 475 g/mol. The number of hydrogen-bond donors (Lipinski definition) is 2. The first-order valence-electron chi connectivity index (χ1n) is 11.2. The Morgan fingerprint density at radius 1 is 0.941 bits per heavy atom. The van der Waals surface area contributed by atoms with Crippen LogP contribution < -0.4 is 20.3 Å². The number of anilines is 2. The Morgan fingerprint density at radius 2 is 1.59 bits per heavy atom. The molecule has 0 saturated carbocycles. The highest BCUT2D eigenvalue weighted by Gasteiger charge is 2.17. The van der Waals surface area contributed by atoms with Gasteiger partial charge in [-0.15, -0.1) is 0 Å². The third-order valence-electron chi connectivity index (χ3n) is 4.95. The standard InChI is InChI=1S/C27H29N3O3S/c1-4-30(22-10-6-5-7-11-22)26(32)20-14-16-21(17-15-20)28-27(34)29-25(31)23-12-8-9-13-24(23)33-18-19(2)3/h5-17,19H,4,18H2,1-3H3,(H2,28,29,31,34). The Kier molecular flexibility index (Phi) is 8.76. The van der Waals surface area contributed by atoms with Crippen LogP contribution in [0.15, 0.2) is 78.9 Å². The van der Waals surface area contributed by atoms with Gasteiger partial charge in [0.1, 0.15) is 5.75 Å². The van der Waals surface area contributed by atoms with E-state index in [1.165, 1.54) is 0 Å². The van der Waals surface area contributed by atoms with Crippen molar-refractivity contribution >= 4 is 40.5 Å². The van der Waals surface area contributed by atoms with Gasteiger partial charge in [0.05, 0.1) is 12.2 Å². The zero-order valence-electron chi connectivity index (χ0n) is 19.6. The molecular formula is C27H29N3O3S. The normalized spacial score (nSPS) is 10.5. The number of carbonyl (C=O) groups is 2. The van der Waals surface area contributed by atoms with Crippen molar-refractivity contribution in [1.29, 1.82) is 0 Å². The van der Waals surface area contributed by atoms with Gasteiger partial charge in [0.2, 0.25) is 0 Å². The number of para-hydroxylation sites is 2. The minimum Gasteiger partial charge on any atom is -0.492 e. The smallest absolute Gasteiger partial charge is 0.261 e. The highest BCUT2D eigenvalue weighted by Crippen LogP contribution is 2.20. The summed E-state index contributed by atoms with van der Waals surface area (Å²) in [4.78, 5) is 27.4. The maximum Gasteiger partial charge on any atom is 0.261 e. The molecule has 3 rings (SSSR count). The van der Waals surface area contributed by atoms with E-state index in [4.69, 9.17) is 17.0 Å². The van der Waals surface area contributed by atoms with Gasteiger partial charge in [-0.25, -0.2) is 0 Å². The summed E-state index contributed by atoms with van der Waals surface area (Å²) < 4.78 is 5.76. The molecule has 2 amide bonds. The fourth-order valence-corrected chi connectivity index (χ4v) is 3.48. The number of ether oxygens (including phenoxy) is 1. The molecule has 3 aromatic rings. The lowest BCUT2D eigenvalue weighted by molar-refractivity contribution is 0.0969. The molecule has 0 radical (unpaired) electrons. The van der Waals surface area contributed by atoms with Gasteiger partial charge in [0.25, 0.3) is 11.8 Å². The van der Waals surface area contributed by atoms with E-state index in [9.17, 15) is 9.59 Å². The van der Waals surface area contributed by atoms with Crippen molar-refractivity contribution in [2.45, 2.75) is 20.8 Å². The van der Waals surface area contributed by atoms with E-state index < -0.39 is 0 Å². The van der Waals surface area contributed by atoms with Gasteiger partial charge in [-0.3, -0.25) is 14.9 Å². The van der Waals surface area contributed by atoms with Crippen LogP contribution >= 0.6 is 12.2 Å². The second-order valence-corrected chi connectivity index (χ2v) is 8.48. The molecule has 0 aliphatic rings. The summed E-state index contributed by atoms with van der Waals surface area (Å²) in [6.07, 6.45) is 0. The van der Waals surface area contributed by atoms with E-state index in [1.807, 2.05) is 57.2 Å². The maximum absolute atomic E-state index is 13.0. The summed E-state index contributed by atoms with van der Waals surface area (Å²) in [6, 6.07) is 23.6. The van der Waals surface area contributed by atoms with E-state index >= 15 is 0 Å². The summed E-state index contributed by atoms with van der Waals surface area (Å²) in [5.41, 5.74) is 2.48. The van der Waals surface area contributed by atoms with E-state index in [1.54, 1.807) is 47.4 Å². The summed E-state index contributed by atoms with van der Waals surface area (Å²) >= 11 is 5.31. The predicted molar refractivity (Wildman–Crippen MR) is 141 cm³/mol. The summed E-state index contributed by atoms with van der Waals surface area (Å²) in [5.74, 6) is 0.406. The van der Waals surface area contributed by atoms with Crippen LogP contribution in [0.4, 0.5) is 11.4 Å². The second-order valence-electron chi connectivity index (χ2n) is 8.07. The van der Waals surface area contributed by atoms with Gasteiger partial charge in [0.15, 0.2) is 5.11 Å². The van der Waals surface area contributed by atoms with Crippen molar-refractivity contribution in [3.63, 3.8) is 0 Å². The molecule has 6 nitrogen and oxygen atoms in total. The van der Waals surface area contributed by atoms with Crippen molar-refractivity contribution in [2.75, 3.05) is 23.4 Å². The lowest BCUT2D eigenvalue weighted by Gasteiger charge is -2.21. The fraction of sp³-hybridized carbons (Fsp3) is 0.222. The van der Waals surface area contributed by atoms with E-state index in [0.717, 1.165) is 5.69 Å². The van der Waals surface area contributed by atoms with Crippen molar-refractivity contribution in [1.82, 2.24) is 5.32 Å². The van der Waals surface area contributed by atoms with Crippen LogP contribution in [-0.2, 0) is 0 Å². The zero-order valence-corrected chi connectivity index (χ0v) is 20.4. The second kappa shape index (κ2) is 12.0. The Morgan fingerprint density at radius 3 is 2.24 bits per heavy atom. The largest absolute Gasteiger partial charge is 0.492 e. The molecule has 176 valence electrons. The van der Waals surface area contributed by atoms with Crippen LogP contribution in [0, 0.1) is 5.92 Å². The minimum absolute atomic E-state index is 0.0888. The highest BCUT2D eigenvalue weighted by atomic mass is 32.1. The van der Waals surface area contributed by atoms with Crippen molar-refractivity contribution in [3.05, 3.63) is 90.0 Å². The molecule has 0 spiro atoms. The molecule has 0 unspecified atom stereocenters. The number of nitrogens with one attached hydrogen (secondary N) is 2. The Hall–Kier alpha value is -3.71. The molecule has 0 fully saturated rings. The van der Waals surface area contributed by atoms with Crippen LogP contribution in [0.3, 0.4) is 0 Å². The number of carbonyl (C=O) groups excluding carboxylic acids is 2. The van der Waals surface area contributed by atoms with Crippen LogP contribution in [0.25, 0.3) is 0 Å². The van der Waals surface area contributed by atoms with Crippen LogP contribution in [-0.4, -0.2) is 30.1 Å². The Labute approximate surface area is 205 Å². The first kappa shape index (κ1) is 24.9. The molecule has 0 aromatic heterocycles. The van der Waals surface area contributed by atoms with Gasteiger partial charge in [-0.1, -0.05) is 44.2 Å². The predicted octanol–water partition coefficient (Wildman–Crippen LogP) is 5.51. The average molecular weight is 476 g/mol. The quantitative estimate of drug-likeness (QED) is 0.420. The van der Waals surface area contributed by atoms with Crippen molar-refractivity contribution < 1.29 is 14.3 Å². The minimum atomic E-state index is -0.356. The molecule has 7 heteroatoms. The lowest BCUT2D eigenvalue weighted by Crippen LogP contribution is -2.34. The van der Waals surface area contributed by atoms with Gasteiger partial charge >= 0.3 is 0 Å². The van der Waals surface area contributed by atoms with Crippen LogP contribution in [0.2, 0.25) is 0 Å². The molecule has 0 aliphatic carbocycles.